The molecule has 1 aliphatic carbocycles. The van der Waals surface area contributed by atoms with Gasteiger partial charge in [-0.05, 0) is 37.5 Å². The highest BCUT2D eigenvalue weighted by Crippen LogP contribution is 2.20. The standard InChI is InChI=1S/C27H34N4O3/c1-20-10-12-21(13-11-20)18-26(33)31-16-14-30(15-17-31)19-25(32)29-24-9-5-4-8-23(24)27(34)28-22-6-2-3-7-22/h4-5,8-13,22H,2-3,6-7,14-19H2,1H3,(H,28,34)(H,29,32). The molecule has 1 saturated heterocycles. The molecule has 2 aromatic rings. The number of piperazine rings is 1. The Bertz CT molecular complexity index is 1010. The lowest BCUT2D eigenvalue weighted by molar-refractivity contribution is -0.132. The highest BCUT2D eigenvalue weighted by Gasteiger charge is 2.24. The van der Waals surface area contributed by atoms with Crippen LogP contribution in [0.5, 0.6) is 0 Å². The number of amides is 3. The summed E-state index contributed by atoms with van der Waals surface area (Å²) in [5, 5.41) is 6.00. The van der Waals surface area contributed by atoms with Gasteiger partial charge in [-0.1, -0.05) is 54.8 Å². The number of aryl methyl sites for hydroxylation is 1. The summed E-state index contributed by atoms with van der Waals surface area (Å²) in [6.07, 6.45) is 4.72. The van der Waals surface area contributed by atoms with E-state index >= 15 is 0 Å². The minimum atomic E-state index is -0.152. The highest BCUT2D eigenvalue weighted by molar-refractivity contribution is 6.04. The summed E-state index contributed by atoms with van der Waals surface area (Å²) in [6, 6.07) is 15.4. The number of para-hydroxylation sites is 1. The van der Waals surface area contributed by atoms with Gasteiger partial charge in [0.1, 0.15) is 0 Å². The fourth-order valence-corrected chi connectivity index (χ4v) is 4.66. The Morgan fingerprint density at radius 3 is 2.29 bits per heavy atom. The van der Waals surface area contributed by atoms with Crippen LogP contribution in [0.2, 0.25) is 0 Å². The van der Waals surface area contributed by atoms with E-state index in [4.69, 9.17) is 0 Å². The van der Waals surface area contributed by atoms with Gasteiger partial charge in [0, 0.05) is 32.2 Å². The van der Waals surface area contributed by atoms with E-state index in [1.54, 1.807) is 12.1 Å². The van der Waals surface area contributed by atoms with Crippen molar-refractivity contribution in [3.63, 3.8) is 0 Å². The van der Waals surface area contributed by atoms with Crippen LogP contribution in [0.4, 0.5) is 5.69 Å². The first kappa shape index (κ1) is 24.0. The van der Waals surface area contributed by atoms with Crippen LogP contribution >= 0.6 is 0 Å². The Labute approximate surface area is 201 Å². The van der Waals surface area contributed by atoms with Crippen molar-refractivity contribution in [1.29, 1.82) is 0 Å². The number of benzene rings is 2. The Morgan fingerprint density at radius 2 is 1.59 bits per heavy atom. The normalized spacial score (nSPS) is 16.9. The van der Waals surface area contributed by atoms with E-state index < -0.39 is 0 Å². The predicted molar refractivity (Wildman–Crippen MR) is 133 cm³/mol. The monoisotopic (exact) mass is 462 g/mol. The minimum Gasteiger partial charge on any atom is -0.349 e. The van der Waals surface area contributed by atoms with Crippen molar-refractivity contribution < 1.29 is 14.4 Å². The largest absolute Gasteiger partial charge is 0.349 e. The summed E-state index contributed by atoms with van der Waals surface area (Å²) < 4.78 is 0. The zero-order valence-corrected chi connectivity index (χ0v) is 19.9. The smallest absolute Gasteiger partial charge is 0.253 e. The van der Waals surface area contributed by atoms with Crippen molar-refractivity contribution in [2.24, 2.45) is 0 Å². The van der Waals surface area contributed by atoms with Crippen LogP contribution in [-0.4, -0.2) is 66.3 Å². The fourth-order valence-electron chi connectivity index (χ4n) is 4.66. The van der Waals surface area contributed by atoms with Crippen LogP contribution in [0, 0.1) is 6.92 Å². The molecule has 3 amide bonds. The number of hydrogen-bond donors (Lipinski definition) is 2. The molecule has 4 rings (SSSR count). The van der Waals surface area contributed by atoms with Crippen LogP contribution in [-0.2, 0) is 16.0 Å². The molecule has 1 saturated carbocycles. The maximum absolute atomic E-state index is 12.7. The van der Waals surface area contributed by atoms with Gasteiger partial charge in [0.15, 0.2) is 0 Å². The second-order valence-corrected chi connectivity index (χ2v) is 9.37. The molecule has 34 heavy (non-hydrogen) atoms. The minimum absolute atomic E-state index is 0.121. The molecule has 0 bridgehead atoms. The van der Waals surface area contributed by atoms with Gasteiger partial charge in [-0.2, -0.15) is 0 Å². The average Bonchev–Trinajstić information content (AvgIpc) is 3.34. The van der Waals surface area contributed by atoms with Crippen LogP contribution in [0.25, 0.3) is 0 Å². The van der Waals surface area contributed by atoms with Gasteiger partial charge in [0.05, 0.1) is 24.2 Å². The van der Waals surface area contributed by atoms with Gasteiger partial charge in [-0.25, -0.2) is 0 Å². The summed E-state index contributed by atoms with van der Waals surface area (Å²) in [4.78, 5) is 42.0. The molecule has 7 heteroatoms. The van der Waals surface area contributed by atoms with E-state index in [1.165, 1.54) is 5.56 Å². The van der Waals surface area contributed by atoms with Crippen molar-refractivity contribution in [3.05, 3.63) is 65.2 Å². The van der Waals surface area contributed by atoms with E-state index in [1.807, 2.05) is 53.1 Å². The van der Waals surface area contributed by atoms with Gasteiger partial charge in [0.2, 0.25) is 11.8 Å². The van der Waals surface area contributed by atoms with Crippen LogP contribution in [0.1, 0.15) is 47.2 Å². The SMILES string of the molecule is Cc1ccc(CC(=O)N2CCN(CC(=O)Nc3ccccc3C(=O)NC3CCCC3)CC2)cc1. The number of carbonyl (C=O) groups excluding carboxylic acids is 3. The maximum atomic E-state index is 12.7. The molecule has 0 radical (unpaired) electrons. The zero-order valence-electron chi connectivity index (χ0n) is 19.9. The molecule has 180 valence electrons. The Balaban J connectivity index is 1.25. The average molecular weight is 463 g/mol. The van der Waals surface area contributed by atoms with Crippen molar-refractivity contribution in [1.82, 2.24) is 15.1 Å². The molecule has 2 N–H and O–H groups in total. The summed E-state index contributed by atoms with van der Waals surface area (Å²) in [7, 11) is 0. The number of nitrogens with one attached hydrogen (secondary N) is 2. The number of nitrogens with zero attached hydrogens (tertiary/aromatic N) is 2. The third kappa shape index (κ3) is 6.44. The number of rotatable bonds is 7. The third-order valence-electron chi connectivity index (χ3n) is 6.70. The van der Waals surface area contributed by atoms with E-state index in [2.05, 4.69) is 10.6 Å². The number of carbonyl (C=O) groups is 3. The lowest BCUT2D eigenvalue weighted by Gasteiger charge is -2.34. The first-order valence-corrected chi connectivity index (χ1v) is 12.2. The second-order valence-electron chi connectivity index (χ2n) is 9.37. The topological polar surface area (TPSA) is 81.8 Å². The molecule has 7 nitrogen and oxygen atoms in total. The van der Waals surface area contributed by atoms with Crippen molar-refractivity contribution in [3.8, 4) is 0 Å². The Hall–Kier alpha value is -3.19. The van der Waals surface area contributed by atoms with E-state index in [9.17, 15) is 14.4 Å². The molecule has 0 unspecified atom stereocenters. The van der Waals surface area contributed by atoms with Crippen molar-refractivity contribution in [2.75, 3.05) is 38.0 Å². The van der Waals surface area contributed by atoms with Crippen molar-refractivity contribution >= 4 is 23.4 Å². The molecule has 1 aliphatic heterocycles. The summed E-state index contributed by atoms with van der Waals surface area (Å²) in [5.74, 6) is -0.167. The van der Waals surface area contributed by atoms with Crippen molar-refractivity contribution in [2.45, 2.75) is 45.1 Å². The number of anilines is 1. The lowest BCUT2D eigenvalue weighted by Crippen LogP contribution is -2.50. The molecule has 0 aromatic heterocycles. The highest BCUT2D eigenvalue weighted by atomic mass is 16.2. The molecule has 1 heterocycles. The predicted octanol–water partition coefficient (Wildman–Crippen LogP) is 2.99. The second kappa shape index (κ2) is 11.3. The molecule has 2 fully saturated rings. The molecular weight excluding hydrogens is 428 g/mol. The summed E-state index contributed by atoms with van der Waals surface area (Å²) in [5.41, 5.74) is 3.23. The van der Waals surface area contributed by atoms with E-state index in [-0.39, 0.29) is 30.3 Å². The Morgan fingerprint density at radius 1 is 0.912 bits per heavy atom. The quantitative estimate of drug-likeness (QED) is 0.663. The molecule has 0 spiro atoms. The summed E-state index contributed by atoms with van der Waals surface area (Å²) >= 11 is 0. The first-order chi connectivity index (χ1) is 16.5. The van der Waals surface area contributed by atoms with Crippen LogP contribution in [0.3, 0.4) is 0 Å². The fraction of sp³-hybridized carbons (Fsp3) is 0.444. The summed E-state index contributed by atoms with van der Waals surface area (Å²) in [6.45, 7) is 4.79. The lowest BCUT2D eigenvalue weighted by atomic mass is 10.1. The third-order valence-corrected chi connectivity index (χ3v) is 6.70. The number of hydrogen-bond acceptors (Lipinski definition) is 4. The first-order valence-electron chi connectivity index (χ1n) is 12.2. The van der Waals surface area contributed by atoms with E-state index in [0.29, 0.717) is 43.9 Å². The van der Waals surface area contributed by atoms with Crippen LogP contribution < -0.4 is 10.6 Å². The Kier molecular flexibility index (Phi) is 7.95. The molecule has 2 aliphatic rings. The maximum Gasteiger partial charge on any atom is 0.253 e. The molecule has 0 atom stereocenters. The van der Waals surface area contributed by atoms with Gasteiger partial charge in [-0.3, -0.25) is 19.3 Å². The molecule has 2 aromatic carbocycles. The van der Waals surface area contributed by atoms with Gasteiger partial charge < -0.3 is 15.5 Å². The van der Waals surface area contributed by atoms with Gasteiger partial charge in [0.25, 0.3) is 5.91 Å². The van der Waals surface area contributed by atoms with Gasteiger partial charge in [-0.15, -0.1) is 0 Å². The molecular formula is C27H34N4O3. The zero-order chi connectivity index (χ0) is 23.9. The van der Waals surface area contributed by atoms with Crippen LogP contribution in [0.15, 0.2) is 48.5 Å². The van der Waals surface area contributed by atoms with E-state index in [0.717, 1.165) is 31.2 Å². The van der Waals surface area contributed by atoms with Gasteiger partial charge >= 0.3 is 0 Å².